The van der Waals surface area contributed by atoms with E-state index in [0.717, 1.165) is 0 Å². The number of hydrogen-bond donors (Lipinski definition) is 1. The number of benzene rings is 2. The minimum Gasteiger partial charge on any atom is -0.385 e. The van der Waals surface area contributed by atoms with E-state index < -0.39 is 13.0 Å². The first-order valence-electron chi connectivity index (χ1n) is 5.54. The highest BCUT2D eigenvalue weighted by molar-refractivity contribution is 7.79. The van der Waals surface area contributed by atoms with Crippen LogP contribution < -0.4 is 10.6 Å². The zero-order valence-corrected chi connectivity index (χ0v) is 10.5. The Morgan fingerprint density at radius 1 is 0.882 bits per heavy atom. The summed E-state index contributed by atoms with van der Waals surface area (Å²) < 4.78 is 13.1. The quantitative estimate of drug-likeness (QED) is 0.844. The Balaban J connectivity index is 2.60. The standard InChI is InChI=1S/C14H15O2P/c1-12(15)17(16,13-8-4-2-5-9-13)14-10-6-3-7-11-14/h2-12,15H,1H3. The molecule has 0 aliphatic heterocycles. The van der Waals surface area contributed by atoms with Crippen LogP contribution in [0.25, 0.3) is 0 Å². The van der Waals surface area contributed by atoms with Gasteiger partial charge < -0.3 is 9.67 Å². The summed E-state index contributed by atoms with van der Waals surface area (Å²) in [7, 11) is -2.94. The van der Waals surface area contributed by atoms with Crippen LogP contribution in [0.15, 0.2) is 60.7 Å². The van der Waals surface area contributed by atoms with Crippen LogP contribution in [-0.4, -0.2) is 11.0 Å². The second-order valence-electron chi connectivity index (χ2n) is 3.96. The molecule has 2 aromatic carbocycles. The molecule has 0 aromatic heterocycles. The predicted octanol–water partition coefficient (Wildman–Crippen LogP) is 2.34. The van der Waals surface area contributed by atoms with Crippen LogP contribution in [0.4, 0.5) is 0 Å². The predicted molar refractivity (Wildman–Crippen MR) is 71.4 cm³/mol. The van der Waals surface area contributed by atoms with Crippen LogP contribution in [0.1, 0.15) is 6.92 Å². The van der Waals surface area contributed by atoms with E-state index in [1.807, 2.05) is 36.4 Å². The lowest BCUT2D eigenvalue weighted by atomic mass is 10.4. The van der Waals surface area contributed by atoms with E-state index in [1.165, 1.54) is 0 Å². The van der Waals surface area contributed by atoms with Crippen LogP contribution in [-0.2, 0) is 4.57 Å². The van der Waals surface area contributed by atoms with Crippen LogP contribution in [0.2, 0.25) is 0 Å². The Labute approximate surface area is 101 Å². The van der Waals surface area contributed by atoms with E-state index in [-0.39, 0.29) is 0 Å². The molecular weight excluding hydrogens is 231 g/mol. The number of hydrogen-bond acceptors (Lipinski definition) is 2. The van der Waals surface area contributed by atoms with E-state index in [0.29, 0.717) is 10.6 Å². The molecule has 1 atom stereocenters. The minimum absolute atomic E-state index is 0.696. The molecule has 0 saturated heterocycles. The Morgan fingerprint density at radius 2 is 1.24 bits per heavy atom. The first-order chi connectivity index (χ1) is 8.15. The lowest BCUT2D eigenvalue weighted by molar-refractivity contribution is 0.271. The molecule has 2 nitrogen and oxygen atoms in total. The fourth-order valence-corrected chi connectivity index (χ4v) is 4.27. The molecule has 0 fully saturated rings. The van der Waals surface area contributed by atoms with Crippen LogP contribution >= 0.6 is 7.14 Å². The van der Waals surface area contributed by atoms with Crippen molar-refractivity contribution >= 4 is 17.8 Å². The minimum atomic E-state index is -2.94. The summed E-state index contributed by atoms with van der Waals surface area (Å²) in [5.41, 5.74) is 0. The maximum absolute atomic E-state index is 13.1. The van der Waals surface area contributed by atoms with Gasteiger partial charge in [-0.2, -0.15) is 0 Å². The molecular formula is C14H15O2P. The summed E-state index contributed by atoms with van der Waals surface area (Å²) in [5, 5.41) is 11.3. The molecule has 0 heterocycles. The third kappa shape index (κ3) is 2.19. The topological polar surface area (TPSA) is 37.3 Å². The molecule has 88 valence electrons. The zero-order chi connectivity index (χ0) is 12.3. The third-order valence-electron chi connectivity index (χ3n) is 2.81. The smallest absolute Gasteiger partial charge is 0.169 e. The lowest BCUT2D eigenvalue weighted by Crippen LogP contribution is -2.23. The first kappa shape index (κ1) is 12.1. The highest BCUT2D eigenvalue weighted by Crippen LogP contribution is 2.46. The van der Waals surface area contributed by atoms with Gasteiger partial charge in [0.1, 0.15) is 5.85 Å². The molecule has 0 aliphatic rings. The third-order valence-corrected chi connectivity index (χ3v) is 5.99. The average Bonchev–Trinajstić information content (AvgIpc) is 2.39. The second kappa shape index (κ2) is 4.87. The van der Waals surface area contributed by atoms with Crippen molar-refractivity contribution in [1.82, 2.24) is 0 Å². The summed E-state index contributed by atoms with van der Waals surface area (Å²) in [4.78, 5) is 0. The summed E-state index contributed by atoms with van der Waals surface area (Å²) in [6.07, 6.45) is 0. The van der Waals surface area contributed by atoms with Crippen molar-refractivity contribution in [2.75, 3.05) is 0 Å². The van der Waals surface area contributed by atoms with Gasteiger partial charge in [0.05, 0.1) is 0 Å². The van der Waals surface area contributed by atoms with Gasteiger partial charge in [0.2, 0.25) is 0 Å². The van der Waals surface area contributed by atoms with Gasteiger partial charge in [0.15, 0.2) is 7.14 Å². The van der Waals surface area contributed by atoms with Gasteiger partial charge in [0.25, 0.3) is 0 Å². The van der Waals surface area contributed by atoms with Crippen molar-refractivity contribution in [3.8, 4) is 0 Å². The molecule has 17 heavy (non-hydrogen) atoms. The molecule has 0 amide bonds. The average molecular weight is 246 g/mol. The summed E-state index contributed by atoms with van der Waals surface area (Å²) in [6.45, 7) is 1.58. The molecule has 0 aliphatic carbocycles. The van der Waals surface area contributed by atoms with E-state index in [4.69, 9.17) is 0 Å². The van der Waals surface area contributed by atoms with Crippen LogP contribution in [0.5, 0.6) is 0 Å². The van der Waals surface area contributed by atoms with Gasteiger partial charge >= 0.3 is 0 Å². The Morgan fingerprint density at radius 3 is 1.53 bits per heavy atom. The van der Waals surface area contributed by atoms with Gasteiger partial charge in [-0.15, -0.1) is 0 Å². The maximum Gasteiger partial charge on any atom is 0.169 e. The van der Waals surface area contributed by atoms with Crippen molar-refractivity contribution in [3.05, 3.63) is 60.7 Å². The van der Waals surface area contributed by atoms with Crippen LogP contribution in [0.3, 0.4) is 0 Å². The first-order valence-corrected chi connectivity index (χ1v) is 7.32. The highest BCUT2D eigenvalue weighted by atomic mass is 31.2. The second-order valence-corrected chi connectivity index (χ2v) is 7.06. The van der Waals surface area contributed by atoms with E-state index in [1.54, 1.807) is 31.2 Å². The van der Waals surface area contributed by atoms with Gasteiger partial charge in [-0.3, -0.25) is 0 Å². The SMILES string of the molecule is CC(O)P(=O)(c1ccccc1)c1ccccc1. The van der Waals surface area contributed by atoms with Gasteiger partial charge in [-0.1, -0.05) is 60.7 Å². The van der Waals surface area contributed by atoms with Crippen molar-refractivity contribution in [2.45, 2.75) is 12.8 Å². The number of aliphatic hydroxyl groups excluding tert-OH is 1. The van der Waals surface area contributed by atoms with Crippen molar-refractivity contribution in [1.29, 1.82) is 0 Å². The monoisotopic (exact) mass is 246 g/mol. The van der Waals surface area contributed by atoms with Gasteiger partial charge in [0, 0.05) is 10.6 Å². The van der Waals surface area contributed by atoms with E-state index in [2.05, 4.69) is 0 Å². The molecule has 0 saturated carbocycles. The molecule has 1 unspecified atom stereocenters. The summed E-state index contributed by atoms with van der Waals surface area (Å²) in [5.74, 6) is -0.882. The van der Waals surface area contributed by atoms with Crippen LogP contribution in [0, 0.1) is 0 Å². The highest BCUT2D eigenvalue weighted by Gasteiger charge is 2.32. The van der Waals surface area contributed by atoms with Crippen molar-refractivity contribution in [3.63, 3.8) is 0 Å². The largest absolute Gasteiger partial charge is 0.385 e. The Hall–Kier alpha value is -1.37. The molecule has 2 aromatic rings. The van der Waals surface area contributed by atoms with E-state index >= 15 is 0 Å². The molecule has 0 bridgehead atoms. The van der Waals surface area contributed by atoms with Gasteiger partial charge in [-0.05, 0) is 6.92 Å². The Kier molecular flexibility index (Phi) is 3.46. The molecule has 0 radical (unpaired) electrons. The van der Waals surface area contributed by atoms with E-state index in [9.17, 15) is 9.67 Å². The van der Waals surface area contributed by atoms with Crippen molar-refractivity contribution < 1.29 is 9.67 Å². The number of rotatable bonds is 3. The van der Waals surface area contributed by atoms with Crippen molar-refractivity contribution in [2.24, 2.45) is 0 Å². The fraction of sp³-hybridized carbons (Fsp3) is 0.143. The fourth-order valence-electron chi connectivity index (χ4n) is 1.88. The molecule has 3 heteroatoms. The maximum atomic E-state index is 13.1. The Bertz CT molecular complexity index is 477. The zero-order valence-electron chi connectivity index (χ0n) is 9.65. The lowest BCUT2D eigenvalue weighted by Gasteiger charge is -2.21. The molecule has 0 spiro atoms. The molecule has 2 rings (SSSR count). The van der Waals surface area contributed by atoms with Gasteiger partial charge in [-0.25, -0.2) is 0 Å². The molecule has 1 N–H and O–H groups in total. The summed E-state index contributed by atoms with van der Waals surface area (Å²) in [6, 6.07) is 18.3. The normalized spacial score (nSPS) is 13.3. The number of aliphatic hydroxyl groups is 1. The summed E-state index contributed by atoms with van der Waals surface area (Å²) >= 11 is 0.